The number of halogens is 1. The molecule has 2 aromatic heterocycles. The first-order chi connectivity index (χ1) is 17.1. The molecule has 0 aliphatic carbocycles. The lowest BCUT2D eigenvalue weighted by Crippen LogP contribution is -2.48. The first-order valence-electron chi connectivity index (χ1n) is 11.7. The summed E-state index contributed by atoms with van der Waals surface area (Å²) < 4.78 is 13.0. The number of carbonyl (C=O) groups is 1. The quantitative estimate of drug-likeness (QED) is 0.377. The molecule has 9 heteroatoms. The van der Waals surface area contributed by atoms with Gasteiger partial charge in [0.1, 0.15) is 0 Å². The molecule has 2 aliphatic heterocycles. The van der Waals surface area contributed by atoms with Gasteiger partial charge >= 0.3 is 0 Å². The number of thiazole rings is 1. The maximum atomic E-state index is 12.9. The van der Waals surface area contributed by atoms with E-state index in [1.807, 2.05) is 41.4 Å². The van der Waals surface area contributed by atoms with E-state index in [9.17, 15) is 4.79 Å². The van der Waals surface area contributed by atoms with Crippen molar-refractivity contribution in [1.82, 2.24) is 19.2 Å². The number of aryl methyl sites for hydroxylation is 1. The van der Waals surface area contributed by atoms with Crippen molar-refractivity contribution >= 4 is 33.8 Å². The monoisotopic (exact) mass is 508 g/mol. The SMILES string of the molecule is O=C(CCc1csc2nc(-c3ccc(Cl)cc3)cn12)N1CCN(Cc2ccc3c(c2)OCO3)CC1. The van der Waals surface area contributed by atoms with Gasteiger partial charge in [0.05, 0.1) is 5.69 Å². The third kappa shape index (κ3) is 4.74. The van der Waals surface area contributed by atoms with Gasteiger partial charge in [0.25, 0.3) is 0 Å². The Labute approximate surface area is 212 Å². The standard InChI is InChI=1S/C26H25ClN4O3S/c27-20-4-2-19(3-5-20)22-15-31-21(16-35-26(31)28-22)6-8-25(32)30-11-9-29(10-12-30)14-18-1-7-23-24(13-18)34-17-33-23/h1-5,7,13,15-16H,6,8-12,14,17H2. The molecular weight excluding hydrogens is 484 g/mol. The van der Waals surface area contributed by atoms with Crippen LogP contribution in [0.3, 0.4) is 0 Å². The van der Waals surface area contributed by atoms with Gasteiger partial charge in [0, 0.05) is 67.0 Å². The summed E-state index contributed by atoms with van der Waals surface area (Å²) in [6.45, 7) is 4.40. The Morgan fingerprint density at radius 3 is 2.66 bits per heavy atom. The summed E-state index contributed by atoms with van der Waals surface area (Å²) in [5, 5.41) is 2.81. The Balaban J connectivity index is 1.02. The van der Waals surface area contributed by atoms with Gasteiger partial charge in [0.2, 0.25) is 12.7 Å². The molecule has 0 bridgehead atoms. The Bertz CT molecular complexity index is 1360. The number of carbonyl (C=O) groups excluding carboxylic acids is 1. The van der Waals surface area contributed by atoms with Gasteiger partial charge in [0.15, 0.2) is 16.5 Å². The molecule has 0 N–H and O–H groups in total. The second-order valence-corrected chi connectivity index (χ2v) is 10.1. The molecule has 7 nitrogen and oxygen atoms in total. The van der Waals surface area contributed by atoms with Crippen molar-refractivity contribution in [3.05, 3.63) is 70.3 Å². The molecule has 4 aromatic rings. The Morgan fingerprint density at radius 2 is 1.83 bits per heavy atom. The minimum Gasteiger partial charge on any atom is -0.454 e. The maximum absolute atomic E-state index is 12.9. The zero-order valence-electron chi connectivity index (χ0n) is 19.2. The maximum Gasteiger partial charge on any atom is 0.231 e. The molecule has 180 valence electrons. The smallest absolute Gasteiger partial charge is 0.231 e. The molecule has 1 fully saturated rings. The highest BCUT2D eigenvalue weighted by molar-refractivity contribution is 7.15. The average Bonchev–Trinajstić information content (AvgIpc) is 3.60. The molecule has 6 rings (SSSR count). The lowest BCUT2D eigenvalue weighted by Gasteiger charge is -2.34. The largest absolute Gasteiger partial charge is 0.454 e. The predicted molar refractivity (Wildman–Crippen MR) is 136 cm³/mol. The number of hydrogen-bond acceptors (Lipinski definition) is 6. The highest BCUT2D eigenvalue weighted by Gasteiger charge is 2.22. The minimum atomic E-state index is 0.213. The van der Waals surface area contributed by atoms with Gasteiger partial charge in [-0.05, 0) is 36.2 Å². The minimum absolute atomic E-state index is 0.213. The molecular formula is C26H25ClN4O3S. The Kier molecular flexibility index (Phi) is 6.10. The normalized spacial score (nSPS) is 15.7. The van der Waals surface area contributed by atoms with E-state index in [-0.39, 0.29) is 5.91 Å². The fourth-order valence-electron chi connectivity index (χ4n) is 4.61. The summed E-state index contributed by atoms with van der Waals surface area (Å²) in [5.41, 5.74) is 4.27. The zero-order valence-corrected chi connectivity index (χ0v) is 20.7. The molecule has 0 unspecified atom stereocenters. The van der Waals surface area contributed by atoms with Crippen LogP contribution in [0.15, 0.2) is 54.0 Å². The van der Waals surface area contributed by atoms with Crippen LogP contribution in [0.1, 0.15) is 17.7 Å². The van der Waals surface area contributed by atoms with Gasteiger partial charge < -0.3 is 14.4 Å². The summed E-state index contributed by atoms with van der Waals surface area (Å²) >= 11 is 7.61. The number of fused-ring (bicyclic) bond motifs is 2. The fraction of sp³-hybridized carbons (Fsp3) is 0.308. The molecule has 0 spiro atoms. The fourth-order valence-corrected chi connectivity index (χ4v) is 5.65. The number of rotatable bonds is 6. The topological polar surface area (TPSA) is 59.3 Å². The number of nitrogens with zero attached hydrogens (tertiary/aromatic N) is 4. The number of hydrogen-bond donors (Lipinski definition) is 0. The summed E-state index contributed by atoms with van der Waals surface area (Å²) in [6.07, 6.45) is 3.25. The van der Waals surface area contributed by atoms with Crippen LogP contribution in [0.4, 0.5) is 0 Å². The van der Waals surface area contributed by atoms with E-state index in [1.54, 1.807) is 11.3 Å². The van der Waals surface area contributed by atoms with E-state index in [1.165, 1.54) is 5.56 Å². The van der Waals surface area contributed by atoms with Gasteiger partial charge in [-0.25, -0.2) is 4.98 Å². The average molecular weight is 509 g/mol. The Morgan fingerprint density at radius 1 is 1.03 bits per heavy atom. The number of piperazine rings is 1. The highest BCUT2D eigenvalue weighted by Crippen LogP contribution is 2.33. The number of benzene rings is 2. The number of ether oxygens (including phenoxy) is 2. The lowest BCUT2D eigenvalue weighted by molar-refractivity contribution is -0.133. The zero-order chi connectivity index (χ0) is 23.8. The van der Waals surface area contributed by atoms with Crippen molar-refractivity contribution < 1.29 is 14.3 Å². The first kappa shape index (κ1) is 22.4. The van der Waals surface area contributed by atoms with E-state index in [4.69, 9.17) is 26.1 Å². The Hall–Kier alpha value is -3.07. The van der Waals surface area contributed by atoms with Crippen LogP contribution in [0.5, 0.6) is 11.5 Å². The molecule has 0 atom stereocenters. The van der Waals surface area contributed by atoms with Crippen molar-refractivity contribution in [1.29, 1.82) is 0 Å². The van der Waals surface area contributed by atoms with Crippen LogP contribution in [0.25, 0.3) is 16.2 Å². The van der Waals surface area contributed by atoms with Crippen LogP contribution < -0.4 is 9.47 Å². The van der Waals surface area contributed by atoms with E-state index in [2.05, 4.69) is 26.8 Å². The van der Waals surface area contributed by atoms with E-state index in [0.29, 0.717) is 24.7 Å². The van der Waals surface area contributed by atoms with Crippen LogP contribution in [-0.2, 0) is 17.8 Å². The number of imidazole rings is 1. The molecule has 2 aromatic carbocycles. The summed E-state index contributed by atoms with van der Waals surface area (Å²) in [7, 11) is 0. The third-order valence-corrected chi connectivity index (χ3v) is 7.73. The van der Waals surface area contributed by atoms with Gasteiger partial charge in [-0.2, -0.15) is 0 Å². The van der Waals surface area contributed by atoms with E-state index < -0.39 is 0 Å². The van der Waals surface area contributed by atoms with Gasteiger partial charge in [-0.3, -0.25) is 14.1 Å². The second-order valence-electron chi connectivity index (χ2n) is 8.86. The van der Waals surface area contributed by atoms with Crippen LogP contribution in [0, 0.1) is 0 Å². The van der Waals surface area contributed by atoms with E-state index >= 15 is 0 Å². The third-order valence-electron chi connectivity index (χ3n) is 6.59. The van der Waals surface area contributed by atoms with Crippen LogP contribution >= 0.6 is 22.9 Å². The van der Waals surface area contributed by atoms with Crippen molar-refractivity contribution in [3.8, 4) is 22.8 Å². The van der Waals surface area contributed by atoms with Gasteiger partial charge in [-0.1, -0.05) is 29.8 Å². The van der Waals surface area contributed by atoms with E-state index in [0.717, 1.165) is 66.1 Å². The molecule has 35 heavy (non-hydrogen) atoms. The number of amides is 1. The van der Waals surface area contributed by atoms with Crippen molar-refractivity contribution in [2.75, 3.05) is 33.0 Å². The highest BCUT2D eigenvalue weighted by atomic mass is 35.5. The summed E-state index contributed by atoms with van der Waals surface area (Å²) in [6, 6.07) is 13.8. The van der Waals surface area contributed by atoms with Crippen molar-refractivity contribution in [3.63, 3.8) is 0 Å². The molecule has 4 heterocycles. The molecule has 0 saturated carbocycles. The van der Waals surface area contributed by atoms with Crippen LogP contribution in [-0.4, -0.2) is 58.1 Å². The number of aromatic nitrogens is 2. The van der Waals surface area contributed by atoms with Crippen LogP contribution in [0.2, 0.25) is 5.02 Å². The van der Waals surface area contributed by atoms with Crippen molar-refractivity contribution in [2.24, 2.45) is 0 Å². The molecule has 1 amide bonds. The lowest BCUT2D eigenvalue weighted by atomic mass is 10.1. The first-order valence-corrected chi connectivity index (χ1v) is 13.0. The summed E-state index contributed by atoms with van der Waals surface area (Å²) in [5.74, 6) is 1.84. The molecule has 0 radical (unpaired) electrons. The molecule has 1 saturated heterocycles. The van der Waals surface area contributed by atoms with Gasteiger partial charge in [-0.15, -0.1) is 11.3 Å². The molecule has 2 aliphatic rings. The summed E-state index contributed by atoms with van der Waals surface area (Å²) in [4.78, 5) is 23.0. The second kappa shape index (κ2) is 9.53. The predicted octanol–water partition coefficient (Wildman–Crippen LogP) is 4.72. The van der Waals surface area contributed by atoms with Crippen molar-refractivity contribution in [2.45, 2.75) is 19.4 Å².